The fourth-order valence-corrected chi connectivity index (χ4v) is 3.32. The molecular formula is C20H25N3O. The van der Waals surface area contributed by atoms with Crippen molar-refractivity contribution in [2.45, 2.75) is 26.3 Å². The molecule has 3 rings (SSSR count). The molecule has 0 saturated carbocycles. The Hall–Kier alpha value is -2.20. The lowest BCUT2D eigenvalue weighted by atomic mass is 9.97. The predicted octanol–water partition coefficient (Wildman–Crippen LogP) is 2.75. The van der Waals surface area contributed by atoms with Gasteiger partial charge in [0, 0.05) is 32.0 Å². The summed E-state index contributed by atoms with van der Waals surface area (Å²) in [5.41, 5.74) is 3.51. The molecule has 2 aromatic rings. The van der Waals surface area contributed by atoms with Gasteiger partial charge in [-0.25, -0.2) is 0 Å². The van der Waals surface area contributed by atoms with Gasteiger partial charge in [0.05, 0.1) is 6.04 Å². The second-order valence-electron chi connectivity index (χ2n) is 6.84. The summed E-state index contributed by atoms with van der Waals surface area (Å²) in [6.07, 6.45) is 4.36. The fraction of sp³-hybridized carbons (Fsp3) is 0.400. The quantitative estimate of drug-likeness (QED) is 0.920. The Balaban J connectivity index is 1.80. The summed E-state index contributed by atoms with van der Waals surface area (Å²) in [5, 5.41) is 3.01. The van der Waals surface area contributed by atoms with Gasteiger partial charge in [0.15, 0.2) is 0 Å². The molecule has 1 aromatic heterocycles. The maximum Gasteiger partial charge on any atom is 0.237 e. The van der Waals surface area contributed by atoms with Gasteiger partial charge in [-0.3, -0.25) is 14.7 Å². The Morgan fingerprint density at radius 3 is 2.75 bits per heavy atom. The van der Waals surface area contributed by atoms with Crippen molar-refractivity contribution in [3.63, 3.8) is 0 Å². The van der Waals surface area contributed by atoms with Crippen LogP contribution >= 0.6 is 0 Å². The Kier molecular flexibility index (Phi) is 5.26. The summed E-state index contributed by atoms with van der Waals surface area (Å²) in [7, 11) is 0. The molecule has 0 bridgehead atoms. The van der Waals surface area contributed by atoms with Crippen molar-refractivity contribution in [1.29, 1.82) is 0 Å². The molecule has 4 heteroatoms. The molecule has 24 heavy (non-hydrogen) atoms. The predicted molar refractivity (Wildman–Crippen MR) is 96.6 cm³/mol. The highest BCUT2D eigenvalue weighted by atomic mass is 16.2. The van der Waals surface area contributed by atoms with Crippen molar-refractivity contribution < 1.29 is 4.79 Å². The number of aromatic nitrogens is 1. The van der Waals surface area contributed by atoms with E-state index in [9.17, 15) is 4.79 Å². The van der Waals surface area contributed by atoms with Crippen LogP contribution in [0.25, 0.3) is 11.1 Å². The number of hydrogen-bond acceptors (Lipinski definition) is 3. The molecule has 0 radical (unpaired) electrons. The van der Waals surface area contributed by atoms with Crippen LogP contribution in [0.1, 0.15) is 19.4 Å². The third-order valence-electron chi connectivity index (χ3n) is 4.41. The zero-order chi connectivity index (χ0) is 16.9. The summed E-state index contributed by atoms with van der Waals surface area (Å²) >= 11 is 0. The number of carbonyl (C=O) groups excluding carboxylic acids is 1. The molecule has 0 spiro atoms. The van der Waals surface area contributed by atoms with Crippen LogP contribution in [0, 0.1) is 5.92 Å². The SMILES string of the molecule is CC(C)CN1CCNC(=O)[C@@H]1Cc1cccc(-c2ccncc2)c1. The number of nitrogens with zero attached hydrogens (tertiary/aromatic N) is 2. The Labute approximate surface area is 143 Å². The highest BCUT2D eigenvalue weighted by molar-refractivity contribution is 5.83. The van der Waals surface area contributed by atoms with E-state index in [-0.39, 0.29) is 11.9 Å². The molecule has 0 unspecified atom stereocenters. The van der Waals surface area contributed by atoms with Crippen LogP contribution < -0.4 is 5.32 Å². The molecule has 4 nitrogen and oxygen atoms in total. The lowest BCUT2D eigenvalue weighted by Crippen LogP contribution is -2.56. The monoisotopic (exact) mass is 323 g/mol. The van der Waals surface area contributed by atoms with Crippen LogP contribution in [0.2, 0.25) is 0 Å². The standard InChI is InChI=1S/C20H25N3O/c1-15(2)14-23-11-10-22-20(24)19(23)13-16-4-3-5-18(12-16)17-6-8-21-9-7-17/h3-9,12,15,19H,10-11,13-14H2,1-2H3,(H,22,24)/t19-/m0/s1. The Bertz CT molecular complexity index is 684. The van der Waals surface area contributed by atoms with Crippen LogP contribution in [0.15, 0.2) is 48.8 Å². The zero-order valence-corrected chi connectivity index (χ0v) is 14.4. The third-order valence-corrected chi connectivity index (χ3v) is 4.41. The summed E-state index contributed by atoms with van der Waals surface area (Å²) in [5.74, 6) is 0.706. The molecule has 1 aromatic carbocycles. The number of amides is 1. The van der Waals surface area contributed by atoms with Crippen molar-refractivity contribution in [2.24, 2.45) is 5.92 Å². The molecule has 1 amide bonds. The first-order chi connectivity index (χ1) is 11.6. The smallest absolute Gasteiger partial charge is 0.237 e. The number of rotatable bonds is 5. The summed E-state index contributed by atoms with van der Waals surface area (Å²) in [6, 6.07) is 12.4. The minimum absolute atomic E-state index is 0.0751. The van der Waals surface area contributed by atoms with Gasteiger partial charge >= 0.3 is 0 Å². The molecule has 1 aliphatic rings. The number of carbonyl (C=O) groups is 1. The van der Waals surface area contributed by atoms with Gasteiger partial charge in [0.25, 0.3) is 0 Å². The van der Waals surface area contributed by atoms with Gasteiger partial charge in [-0.2, -0.15) is 0 Å². The lowest BCUT2D eigenvalue weighted by Gasteiger charge is -2.36. The molecule has 1 fully saturated rings. The van der Waals surface area contributed by atoms with Crippen LogP contribution in [0.4, 0.5) is 0 Å². The van der Waals surface area contributed by atoms with Crippen molar-refractivity contribution >= 4 is 5.91 Å². The maximum atomic E-state index is 12.4. The first-order valence-electron chi connectivity index (χ1n) is 8.64. The summed E-state index contributed by atoms with van der Waals surface area (Å²) in [6.45, 7) is 7.04. The highest BCUT2D eigenvalue weighted by Gasteiger charge is 2.29. The summed E-state index contributed by atoms with van der Waals surface area (Å²) in [4.78, 5) is 18.8. The van der Waals surface area contributed by atoms with E-state index < -0.39 is 0 Å². The third kappa shape index (κ3) is 4.01. The zero-order valence-electron chi connectivity index (χ0n) is 14.4. The van der Waals surface area contributed by atoms with Gasteiger partial charge in [-0.1, -0.05) is 38.1 Å². The minimum Gasteiger partial charge on any atom is -0.353 e. The summed E-state index contributed by atoms with van der Waals surface area (Å²) < 4.78 is 0. The molecule has 2 heterocycles. The maximum absolute atomic E-state index is 12.4. The van der Waals surface area contributed by atoms with E-state index in [1.54, 1.807) is 12.4 Å². The van der Waals surface area contributed by atoms with E-state index in [0.29, 0.717) is 5.92 Å². The van der Waals surface area contributed by atoms with Crippen molar-refractivity contribution in [1.82, 2.24) is 15.2 Å². The molecular weight excluding hydrogens is 298 g/mol. The number of pyridine rings is 1. The van der Waals surface area contributed by atoms with Crippen LogP contribution in [0.5, 0.6) is 0 Å². The second-order valence-corrected chi connectivity index (χ2v) is 6.84. The molecule has 126 valence electrons. The largest absolute Gasteiger partial charge is 0.353 e. The van der Waals surface area contributed by atoms with Gasteiger partial charge in [0.2, 0.25) is 5.91 Å². The van der Waals surface area contributed by atoms with Crippen LogP contribution in [-0.2, 0) is 11.2 Å². The van der Waals surface area contributed by atoms with E-state index in [0.717, 1.165) is 31.6 Å². The van der Waals surface area contributed by atoms with Gasteiger partial charge < -0.3 is 5.32 Å². The van der Waals surface area contributed by atoms with Crippen LogP contribution in [-0.4, -0.2) is 41.5 Å². The van der Waals surface area contributed by atoms with Gasteiger partial charge in [-0.15, -0.1) is 0 Å². The van der Waals surface area contributed by atoms with E-state index in [2.05, 4.69) is 53.3 Å². The van der Waals surface area contributed by atoms with Crippen LogP contribution in [0.3, 0.4) is 0 Å². The molecule has 1 saturated heterocycles. The van der Waals surface area contributed by atoms with E-state index in [1.165, 1.54) is 11.1 Å². The van der Waals surface area contributed by atoms with E-state index in [1.807, 2.05) is 12.1 Å². The lowest BCUT2D eigenvalue weighted by molar-refractivity contribution is -0.129. The number of piperazine rings is 1. The Morgan fingerprint density at radius 2 is 2.00 bits per heavy atom. The average molecular weight is 323 g/mol. The number of benzene rings is 1. The fourth-order valence-electron chi connectivity index (χ4n) is 3.32. The average Bonchev–Trinajstić information content (AvgIpc) is 2.59. The molecule has 0 aliphatic carbocycles. The molecule has 1 aliphatic heterocycles. The number of hydrogen-bond donors (Lipinski definition) is 1. The van der Waals surface area contributed by atoms with Gasteiger partial charge in [-0.05, 0) is 41.2 Å². The second kappa shape index (κ2) is 7.58. The Morgan fingerprint density at radius 1 is 1.21 bits per heavy atom. The minimum atomic E-state index is -0.0751. The van der Waals surface area contributed by atoms with Crippen molar-refractivity contribution in [2.75, 3.05) is 19.6 Å². The van der Waals surface area contributed by atoms with E-state index >= 15 is 0 Å². The number of nitrogens with one attached hydrogen (secondary N) is 1. The van der Waals surface area contributed by atoms with Crippen molar-refractivity contribution in [3.05, 3.63) is 54.4 Å². The van der Waals surface area contributed by atoms with Crippen molar-refractivity contribution in [3.8, 4) is 11.1 Å². The first-order valence-corrected chi connectivity index (χ1v) is 8.64. The van der Waals surface area contributed by atoms with Gasteiger partial charge in [0.1, 0.15) is 0 Å². The molecule has 1 N–H and O–H groups in total. The topological polar surface area (TPSA) is 45.2 Å². The van der Waals surface area contributed by atoms with E-state index in [4.69, 9.17) is 0 Å². The first kappa shape index (κ1) is 16.7. The highest BCUT2D eigenvalue weighted by Crippen LogP contribution is 2.21. The normalized spacial score (nSPS) is 18.6. The molecule has 1 atom stereocenters.